The zero-order chi connectivity index (χ0) is 24.6. The fraction of sp³-hybridized carbons (Fsp3) is 0.360. The standard InChI is InChI=1S/C25H23F2N5O2S/c1-10-7-13-20(30-25(33)31-24(13)32-5-6-34-9-15-19(27)21(15)32)11(2)17(10)12-3-4-16(26)22-18(12)14(8-28)23(29)35-22/h3-4,7,15,19,21,25,30,33H,5-6,9,29H2,1-2H3/t15-,19-,21-,25?/m0/s1. The Kier molecular flexibility index (Phi) is 5.00. The summed E-state index contributed by atoms with van der Waals surface area (Å²) in [7, 11) is 0. The molecule has 1 aliphatic carbocycles. The maximum atomic E-state index is 14.6. The Labute approximate surface area is 204 Å². The molecule has 4 N–H and O–H groups in total. The lowest BCUT2D eigenvalue weighted by molar-refractivity contribution is 0.121. The lowest BCUT2D eigenvalue weighted by Crippen LogP contribution is -2.41. The number of aliphatic hydroxyl groups excluding tert-OH is 1. The molecule has 2 fully saturated rings. The minimum Gasteiger partial charge on any atom is -0.389 e. The third kappa shape index (κ3) is 3.22. The van der Waals surface area contributed by atoms with Gasteiger partial charge in [0, 0.05) is 23.4 Å². The molecule has 2 aromatic carbocycles. The van der Waals surface area contributed by atoms with Crippen LogP contribution >= 0.6 is 11.3 Å². The summed E-state index contributed by atoms with van der Waals surface area (Å²) in [5, 5.41) is 24.1. The Morgan fingerprint density at radius 1 is 1.34 bits per heavy atom. The number of anilines is 2. The summed E-state index contributed by atoms with van der Waals surface area (Å²) >= 11 is 1.06. The van der Waals surface area contributed by atoms with Gasteiger partial charge >= 0.3 is 0 Å². The quantitative estimate of drug-likeness (QED) is 0.473. The van der Waals surface area contributed by atoms with Crippen LogP contribution in [-0.2, 0) is 4.74 Å². The summed E-state index contributed by atoms with van der Waals surface area (Å²) in [5.41, 5.74) is 10.9. The van der Waals surface area contributed by atoms with E-state index in [1.165, 1.54) is 6.07 Å². The molecule has 2 aliphatic heterocycles. The number of hydrogen-bond donors (Lipinski definition) is 3. The van der Waals surface area contributed by atoms with Crippen molar-refractivity contribution in [1.29, 1.82) is 5.26 Å². The Morgan fingerprint density at radius 2 is 2.14 bits per heavy atom. The minimum absolute atomic E-state index is 0.196. The number of ether oxygens (including phenoxy) is 1. The highest BCUT2D eigenvalue weighted by Crippen LogP contribution is 2.46. The highest BCUT2D eigenvalue weighted by Gasteiger charge is 2.57. The lowest BCUT2D eigenvalue weighted by Gasteiger charge is -2.33. The number of halogens is 2. The van der Waals surface area contributed by atoms with Gasteiger partial charge < -0.3 is 25.8 Å². The van der Waals surface area contributed by atoms with Crippen molar-refractivity contribution in [3.8, 4) is 17.2 Å². The highest BCUT2D eigenvalue weighted by atomic mass is 32.1. The minimum atomic E-state index is -1.20. The van der Waals surface area contributed by atoms with E-state index in [0.717, 1.165) is 33.6 Å². The van der Waals surface area contributed by atoms with E-state index in [4.69, 9.17) is 10.5 Å². The van der Waals surface area contributed by atoms with Crippen molar-refractivity contribution in [2.75, 3.05) is 30.8 Å². The average molecular weight is 496 g/mol. The SMILES string of the molecule is Cc1cc2c(c(C)c1-c1ccc(F)c3sc(N)c(C#N)c13)NC(O)N=C2N1CCOC[C@H]2[C@H](F)[C@H]21. The second-order valence-corrected chi connectivity index (χ2v) is 10.3. The molecule has 1 saturated heterocycles. The molecule has 3 heterocycles. The summed E-state index contributed by atoms with van der Waals surface area (Å²) in [6, 6.07) is 6.79. The molecule has 1 saturated carbocycles. The number of nitrogens with zero attached hydrogens (tertiary/aromatic N) is 3. The third-order valence-electron chi connectivity index (χ3n) is 7.18. The number of fused-ring (bicyclic) bond motifs is 3. The number of nitrogens with two attached hydrogens (primary N) is 1. The molecule has 1 aromatic heterocycles. The van der Waals surface area contributed by atoms with E-state index >= 15 is 0 Å². The van der Waals surface area contributed by atoms with Crippen LogP contribution in [0.25, 0.3) is 21.2 Å². The van der Waals surface area contributed by atoms with Crippen molar-refractivity contribution < 1.29 is 18.6 Å². The molecule has 180 valence electrons. The van der Waals surface area contributed by atoms with Crippen LogP contribution < -0.4 is 11.1 Å². The smallest absolute Gasteiger partial charge is 0.225 e. The first kappa shape index (κ1) is 22.2. The van der Waals surface area contributed by atoms with Crippen LogP contribution in [0, 0.1) is 36.9 Å². The van der Waals surface area contributed by atoms with Crippen LogP contribution in [0.4, 0.5) is 19.5 Å². The van der Waals surface area contributed by atoms with Gasteiger partial charge in [-0.1, -0.05) is 6.07 Å². The monoisotopic (exact) mass is 495 g/mol. The molecule has 7 nitrogen and oxygen atoms in total. The number of nitriles is 1. The topological polar surface area (TPSA) is 107 Å². The zero-order valence-corrected chi connectivity index (χ0v) is 19.9. The summed E-state index contributed by atoms with van der Waals surface area (Å²) in [6.07, 6.45) is -2.19. The molecule has 3 aliphatic rings. The number of benzene rings is 2. The molecular formula is C25H23F2N5O2S. The molecule has 0 radical (unpaired) electrons. The number of thiophene rings is 1. The number of aliphatic hydroxyl groups is 1. The summed E-state index contributed by atoms with van der Waals surface area (Å²) in [4.78, 5) is 6.34. The predicted octanol–water partition coefficient (Wildman–Crippen LogP) is 3.89. The number of rotatable bonds is 1. The van der Waals surface area contributed by atoms with Gasteiger partial charge in [0.05, 0.1) is 35.2 Å². The van der Waals surface area contributed by atoms with Crippen molar-refractivity contribution in [2.24, 2.45) is 10.9 Å². The molecule has 0 amide bonds. The maximum absolute atomic E-state index is 14.6. The van der Waals surface area contributed by atoms with Crippen LogP contribution in [0.3, 0.4) is 0 Å². The summed E-state index contributed by atoms with van der Waals surface area (Å²) in [5.74, 6) is -0.0918. The number of nitrogens with one attached hydrogen (secondary N) is 1. The summed E-state index contributed by atoms with van der Waals surface area (Å²) in [6.45, 7) is 5.16. The van der Waals surface area contributed by atoms with Crippen LogP contribution in [0.5, 0.6) is 0 Å². The van der Waals surface area contributed by atoms with E-state index in [1.807, 2.05) is 24.8 Å². The number of aliphatic imine (C=N–C) groups is 1. The molecule has 0 bridgehead atoms. The van der Waals surface area contributed by atoms with Crippen LogP contribution in [0.1, 0.15) is 22.3 Å². The second kappa shape index (κ2) is 7.88. The van der Waals surface area contributed by atoms with Gasteiger partial charge in [0.15, 0.2) is 0 Å². The Balaban J connectivity index is 1.54. The number of aryl methyl sites for hydroxylation is 1. The normalized spacial score (nSPS) is 25.3. The fourth-order valence-electron chi connectivity index (χ4n) is 5.53. The second-order valence-electron chi connectivity index (χ2n) is 9.21. The van der Waals surface area contributed by atoms with Gasteiger partial charge in [-0.15, -0.1) is 11.3 Å². The van der Waals surface area contributed by atoms with E-state index in [-0.39, 0.29) is 22.5 Å². The molecule has 6 rings (SSSR count). The molecule has 35 heavy (non-hydrogen) atoms. The molecule has 3 aromatic rings. The number of hydrogen-bond acceptors (Lipinski definition) is 8. The van der Waals surface area contributed by atoms with Gasteiger partial charge in [0.1, 0.15) is 28.9 Å². The van der Waals surface area contributed by atoms with E-state index in [0.29, 0.717) is 46.9 Å². The first-order valence-electron chi connectivity index (χ1n) is 11.4. The van der Waals surface area contributed by atoms with Crippen molar-refractivity contribution >= 4 is 37.9 Å². The van der Waals surface area contributed by atoms with E-state index < -0.39 is 18.3 Å². The van der Waals surface area contributed by atoms with Crippen LogP contribution in [0.15, 0.2) is 23.2 Å². The molecule has 0 spiro atoms. The largest absolute Gasteiger partial charge is 0.389 e. The first-order chi connectivity index (χ1) is 16.8. The van der Waals surface area contributed by atoms with Crippen LogP contribution in [0.2, 0.25) is 0 Å². The van der Waals surface area contributed by atoms with Crippen molar-refractivity contribution in [3.63, 3.8) is 0 Å². The van der Waals surface area contributed by atoms with Gasteiger partial charge in [-0.2, -0.15) is 5.26 Å². The molecule has 4 atom stereocenters. The molecular weight excluding hydrogens is 472 g/mol. The highest BCUT2D eigenvalue weighted by molar-refractivity contribution is 7.23. The molecule has 10 heteroatoms. The predicted molar refractivity (Wildman–Crippen MR) is 132 cm³/mol. The third-order valence-corrected chi connectivity index (χ3v) is 8.21. The van der Waals surface area contributed by atoms with Gasteiger partial charge in [-0.05, 0) is 48.2 Å². The first-order valence-corrected chi connectivity index (χ1v) is 12.2. The number of amidine groups is 1. The molecule has 1 unspecified atom stereocenters. The lowest BCUT2D eigenvalue weighted by atomic mass is 9.88. The van der Waals surface area contributed by atoms with E-state index in [1.54, 1.807) is 6.07 Å². The Hall–Kier alpha value is -3.26. The van der Waals surface area contributed by atoms with Crippen molar-refractivity contribution in [2.45, 2.75) is 32.4 Å². The van der Waals surface area contributed by atoms with Crippen molar-refractivity contribution in [3.05, 3.63) is 46.3 Å². The number of alkyl halides is 1. The Bertz CT molecular complexity index is 1460. The van der Waals surface area contributed by atoms with Crippen LogP contribution in [-0.4, -0.2) is 54.2 Å². The van der Waals surface area contributed by atoms with E-state index in [2.05, 4.69) is 16.4 Å². The maximum Gasteiger partial charge on any atom is 0.225 e. The number of nitrogen functional groups attached to an aromatic ring is 1. The van der Waals surface area contributed by atoms with Gasteiger partial charge in [0.25, 0.3) is 0 Å². The fourth-order valence-corrected chi connectivity index (χ4v) is 6.48. The van der Waals surface area contributed by atoms with Gasteiger partial charge in [-0.25, -0.2) is 13.8 Å². The van der Waals surface area contributed by atoms with E-state index in [9.17, 15) is 19.1 Å². The average Bonchev–Trinajstić information content (AvgIpc) is 3.40. The van der Waals surface area contributed by atoms with Gasteiger partial charge in [-0.3, -0.25) is 0 Å². The Morgan fingerprint density at radius 3 is 2.91 bits per heavy atom. The summed E-state index contributed by atoms with van der Waals surface area (Å²) < 4.78 is 35.1. The van der Waals surface area contributed by atoms with Gasteiger partial charge in [0.2, 0.25) is 6.35 Å². The zero-order valence-electron chi connectivity index (χ0n) is 19.1. The van der Waals surface area contributed by atoms with Crippen molar-refractivity contribution in [1.82, 2.24) is 4.90 Å².